The lowest BCUT2D eigenvalue weighted by Crippen LogP contribution is -2.08. The fourth-order valence-corrected chi connectivity index (χ4v) is 3.57. The third-order valence-electron chi connectivity index (χ3n) is 1.60. The molecule has 2 fully saturated rings. The Bertz CT molecular complexity index is 164. The first-order chi connectivity index (χ1) is 8.13. The maximum Gasteiger partial charge on any atom is 0.0944 e. The predicted molar refractivity (Wildman–Crippen MR) is 85.1 cm³/mol. The molecule has 1 atom stereocenters. The van der Waals surface area contributed by atoms with Crippen LogP contribution in [-0.2, 0) is 4.74 Å². The van der Waals surface area contributed by atoms with Crippen molar-refractivity contribution in [1.29, 1.82) is 0 Å². The molecular formula is C9H19ClO3S4. The second-order valence-electron chi connectivity index (χ2n) is 3.35. The van der Waals surface area contributed by atoms with Crippen molar-refractivity contribution >= 4 is 58.4 Å². The lowest BCUT2D eigenvalue weighted by atomic mass is 10.5. The molecule has 104 valence electrons. The number of aliphatic hydroxyl groups is 2. The van der Waals surface area contributed by atoms with Gasteiger partial charge in [-0.2, -0.15) is 25.3 Å². The number of epoxide rings is 1. The third kappa shape index (κ3) is 13.8. The zero-order valence-electron chi connectivity index (χ0n) is 9.37. The van der Waals surface area contributed by atoms with Crippen LogP contribution >= 0.6 is 58.4 Å². The highest BCUT2D eigenvalue weighted by Gasteiger charge is 2.19. The van der Waals surface area contributed by atoms with E-state index in [1.807, 2.05) is 0 Å². The van der Waals surface area contributed by atoms with E-state index < -0.39 is 0 Å². The van der Waals surface area contributed by atoms with Crippen LogP contribution in [-0.4, -0.2) is 64.0 Å². The number of aliphatic hydroxyl groups excluding tert-OH is 2. The Kier molecular flexibility index (Phi) is 13.8. The van der Waals surface area contributed by atoms with Crippen LogP contribution in [0, 0.1) is 0 Å². The van der Waals surface area contributed by atoms with Crippen molar-refractivity contribution in [2.24, 2.45) is 0 Å². The summed E-state index contributed by atoms with van der Waals surface area (Å²) in [6, 6.07) is 0. The number of halogens is 1. The van der Waals surface area contributed by atoms with E-state index in [0.29, 0.717) is 23.5 Å². The number of hydrogen-bond donors (Lipinski definition) is 4. The molecule has 2 heterocycles. The molecule has 0 aliphatic carbocycles. The van der Waals surface area contributed by atoms with Crippen LogP contribution < -0.4 is 0 Å². The van der Waals surface area contributed by atoms with E-state index in [2.05, 4.69) is 25.3 Å². The Hall–Kier alpha value is 1.57. The van der Waals surface area contributed by atoms with Gasteiger partial charge in [0.05, 0.1) is 30.8 Å². The molecule has 2 aliphatic rings. The molecule has 0 amide bonds. The molecule has 3 nitrogen and oxygen atoms in total. The molecule has 0 aromatic carbocycles. The molecular weight excluding hydrogens is 320 g/mol. The quantitative estimate of drug-likeness (QED) is 0.272. The summed E-state index contributed by atoms with van der Waals surface area (Å²) >= 11 is 12.9. The highest BCUT2D eigenvalue weighted by Crippen LogP contribution is 2.30. The molecule has 2 saturated heterocycles. The zero-order valence-corrected chi connectivity index (χ0v) is 13.5. The molecule has 0 bridgehead atoms. The third-order valence-corrected chi connectivity index (χ3v) is 5.31. The van der Waals surface area contributed by atoms with E-state index in [1.165, 1.54) is 0 Å². The molecule has 0 spiro atoms. The van der Waals surface area contributed by atoms with Gasteiger partial charge < -0.3 is 14.9 Å². The minimum absolute atomic E-state index is 0.0278. The van der Waals surface area contributed by atoms with Gasteiger partial charge in [0.1, 0.15) is 0 Å². The molecule has 2 N–H and O–H groups in total. The Labute approximate surface area is 127 Å². The normalized spacial score (nSPS) is 22.6. The number of hydrogen-bond acceptors (Lipinski definition) is 7. The van der Waals surface area contributed by atoms with E-state index in [4.69, 9.17) is 26.6 Å². The fourth-order valence-electron chi connectivity index (χ4n) is 0.516. The average Bonchev–Trinajstić information content (AvgIpc) is 3.10. The van der Waals surface area contributed by atoms with Gasteiger partial charge in [-0.25, -0.2) is 0 Å². The maximum atomic E-state index is 8.69. The van der Waals surface area contributed by atoms with Crippen LogP contribution in [0.3, 0.4) is 0 Å². The molecule has 17 heavy (non-hydrogen) atoms. The van der Waals surface area contributed by atoms with Crippen molar-refractivity contribution in [3.63, 3.8) is 0 Å². The Morgan fingerprint density at radius 1 is 1.29 bits per heavy atom. The van der Waals surface area contributed by atoms with Gasteiger partial charge in [0, 0.05) is 23.0 Å². The lowest BCUT2D eigenvalue weighted by Gasteiger charge is -1.97. The van der Waals surface area contributed by atoms with Gasteiger partial charge in [0.25, 0.3) is 0 Å². The number of rotatable bonds is 3. The van der Waals surface area contributed by atoms with Crippen molar-refractivity contribution in [2.45, 2.75) is 18.3 Å². The van der Waals surface area contributed by atoms with Gasteiger partial charge in [0.15, 0.2) is 0 Å². The van der Waals surface area contributed by atoms with Crippen LogP contribution in [0.5, 0.6) is 0 Å². The van der Waals surface area contributed by atoms with Gasteiger partial charge in [-0.3, -0.25) is 0 Å². The largest absolute Gasteiger partial charge is 0.391 e. The van der Waals surface area contributed by atoms with Crippen LogP contribution in [0.4, 0.5) is 0 Å². The van der Waals surface area contributed by atoms with E-state index in [-0.39, 0.29) is 12.2 Å². The van der Waals surface area contributed by atoms with Crippen molar-refractivity contribution in [3.05, 3.63) is 0 Å². The molecule has 2 aliphatic heterocycles. The fraction of sp³-hybridized carbons (Fsp3) is 1.00. The monoisotopic (exact) mass is 338 g/mol. The van der Waals surface area contributed by atoms with Crippen molar-refractivity contribution in [2.75, 3.05) is 35.5 Å². The van der Waals surface area contributed by atoms with Gasteiger partial charge in [0.2, 0.25) is 0 Å². The predicted octanol–water partition coefficient (Wildman–Crippen LogP) is 1.57. The standard InChI is InChI=1S/C3H5ClO.C3H6OS2.C3H8OS2/c4-1-3-2-5-3;4-3-1-5-6-2-3;4-3(1-5)2-6/h3H,1-2H2;3-4H,1-2H2;3-6H,1-2H2. The van der Waals surface area contributed by atoms with E-state index >= 15 is 0 Å². The summed E-state index contributed by atoms with van der Waals surface area (Å²) in [7, 11) is 3.50. The second kappa shape index (κ2) is 12.6. The van der Waals surface area contributed by atoms with E-state index in [0.717, 1.165) is 18.1 Å². The van der Waals surface area contributed by atoms with E-state index in [1.54, 1.807) is 21.6 Å². The highest BCUT2D eigenvalue weighted by molar-refractivity contribution is 8.77. The average molecular weight is 339 g/mol. The second-order valence-corrected chi connectivity index (χ2v) is 6.94. The first-order valence-electron chi connectivity index (χ1n) is 5.13. The smallest absolute Gasteiger partial charge is 0.0944 e. The van der Waals surface area contributed by atoms with Gasteiger partial charge in [-0.1, -0.05) is 21.6 Å². The van der Waals surface area contributed by atoms with Crippen LogP contribution in [0.1, 0.15) is 0 Å². The maximum absolute atomic E-state index is 8.69. The number of ether oxygens (including phenoxy) is 1. The van der Waals surface area contributed by atoms with Crippen molar-refractivity contribution < 1.29 is 14.9 Å². The molecule has 0 aromatic rings. The first kappa shape index (κ1) is 18.6. The number of thiol groups is 2. The zero-order chi connectivity index (χ0) is 13.1. The summed E-state index contributed by atoms with van der Waals surface area (Å²) in [5, 5.41) is 17.2. The van der Waals surface area contributed by atoms with Crippen molar-refractivity contribution in [3.8, 4) is 0 Å². The van der Waals surface area contributed by atoms with E-state index in [9.17, 15) is 0 Å². The van der Waals surface area contributed by atoms with Crippen molar-refractivity contribution in [1.82, 2.24) is 0 Å². The molecule has 1 unspecified atom stereocenters. The summed E-state index contributed by atoms with van der Waals surface area (Å²) in [5.74, 6) is 3.52. The summed E-state index contributed by atoms with van der Waals surface area (Å²) in [4.78, 5) is 0. The summed E-state index contributed by atoms with van der Waals surface area (Å²) in [6.45, 7) is 0.878. The summed E-state index contributed by atoms with van der Waals surface area (Å²) in [5.41, 5.74) is 0. The number of alkyl halides is 1. The minimum Gasteiger partial charge on any atom is -0.391 e. The lowest BCUT2D eigenvalue weighted by molar-refractivity contribution is 0.226. The Balaban J connectivity index is 0.000000227. The molecule has 0 saturated carbocycles. The Morgan fingerprint density at radius 2 is 1.76 bits per heavy atom. The topological polar surface area (TPSA) is 53.0 Å². The Morgan fingerprint density at radius 3 is 1.82 bits per heavy atom. The van der Waals surface area contributed by atoms with Crippen LogP contribution in [0.25, 0.3) is 0 Å². The molecule has 8 heteroatoms. The SMILES string of the molecule is ClCC1CO1.OC(CS)CS.OC1CSSC1. The van der Waals surface area contributed by atoms with Gasteiger partial charge in [-0.15, -0.1) is 11.6 Å². The van der Waals surface area contributed by atoms with Crippen LogP contribution in [0.15, 0.2) is 0 Å². The summed E-state index contributed by atoms with van der Waals surface area (Å²) in [6.07, 6.45) is 0.0355. The van der Waals surface area contributed by atoms with Gasteiger partial charge >= 0.3 is 0 Å². The minimum atomic E-state index is -0.336. The molecule has 0 aromatic heterocycles. The van der Waals surface area contributed by atoms with Crippen LogP contribution in [0.2, 0.25) is 0 Å². The first-order valence-corrected chi connectivity index (χ1v) is 9.42. The van der Waals surface area contributed by atoms with Gasteiger partial charge in [-0.05, 0) is 0 Å². The highest BCUT2D eigenvalue weighted by atomic mass is 35.5. The molecule has 0 radical (unpaired) electrons. The summed E-state index contributed by atoms with van der Waals surface area (Å²) < 4.78 is 4.73. The molecule has 2 rings (SSSR count).